The number of halogens is 2. The van der Waals surface area contributed by atoms with E-state index in [0.717, 1.165) is 36.2 Å². The number of piperazine rings is 1. The van der Waals surface area contributed by atoms with Crippen LogP contribution in [0.15, 0.2) is 16.6 Å². The first-order valence-corrected chi connectivity index (χ1v) is 9.46. The van der Waals surface area contributed by atoms with Crippen molar-refractivity contribution in [1.29, 1.82) is 0 Å². The fourth-order valence-corrected chi connectivity index (χ4v) is 4.80. The zero-order chi connectivity index (χ0) is 15.5. The molecule has 0 bridgehead atoms. The summed E-state index contributed by atoms with van der Waals surface area (Å²) in [4.78, 5) is 2.53. The predicted octanol–water partition coefficient (Wildman–Crippen LogP) is 4.33. The van der Waals surface area contributed by atoms with Crippen molar-refractivity contribution in [1.82, 2.24) is 10.2 Å². The Morgan fingerprint density at radius 1 is 1.18 bits per heavy atom. The number of nitrogens with zero attached hydrogens (tertiary/aromatic N) is 1. The van der Waals surface area contributed by atoms with E-state index in [1.807, 2.05) is 0 Å². The van der Waals surface area contributed by atoms with Crippen LogP contribution >= 0.6 is 27.5 Å². The lowest BCUT2D eigenvalue weighted by atomic mass is 9.80. The first-order chi connectivity index (χ1) is 10.7. The monoisotopic (exact) mass is 386 g/mol. The van der Waals surface area contributed by atoms with E-state index in [2.05, 4.69) is 32.2 Å². The lowest BCUT2D eigenvalue weighted by Gasteiger charge is -2.41. The van der Waals surface area contributed by atoms with Gasteiger partial charge in [0.25, 0.3) is 0 Å². The third-order valence-corrected chi connectivity index (χ3v) is 5.76. The molecule has 2 fully saturated rings. The van der Waals surface area contributed by atoms with Gasteiger partial charge in [0.1, 0.15) is 5.75 Å². The van der Waals surface area contributed by atoms with Crippen LogP contribution in [0.3, 0.4) is 0 Å². The smallest absolute Gasteiger partial charge is 0.139 e. The molecule has 22 heavy (non-hydrogen) atoms. The summed E-state index contributed by atoms with van der Waals surface area (Å²) in [5.74, 6) is 0.877. The van der Waals surface area contributed by atoms with Crippen LogP contribution in [0, 0.1) is 5.92 Å². The Morgan fingerprint density at radius 2 is 1.86 bits per heavy atom. The highest BCUT2D eigenvalue weighted by Gasteiger charge is 2.33. The Balaban J connectivity index is 1.96. The van der Waals surface area contributed by atoms with E-state index in [-0.39, 0.29) is 11.8 Å². The summed E-state index contributed by atoms with van der Waals surface area (Å²) in [5, 5.41) is 14.4. The quantitative estimate of drug-likeness (QED) is 0.810. The molecule has 1 heterocycles. The molecule has 2 aliphatic rings. The first-order valence-electron chi connectivity index (χ1n) is 8.29. The van der Waals surface area contributed by atoms with E-state index >= 15 is 0 Å². The zero-order valence-corrected chi connectivity index (χ0v) is 15.2. The maximum absolute atomic E-state index is 10.6. The summed E-state index contributed by atoms with van der Waals surface area (Å²) in [6.07, 6.45) is 6.44. The SMILES string of the molecule is Oc1c(Cl)cc(Br)cc1[C@H](C1CCCCC1)N1CCNCC1. The first kappa shape index (κ1) is 16.6. The van der Waals surface area contributed by atoms with Gasteiger partial charge in [0, 0.05) is 42.3 Å². The van der Waals surface area contributed by atoms with Crippen molar-refractivity contribution in [3.8, 4) is 5.75 Å². The minimum atomic E-state index is 0.263. The van der Waals surface area contributed by atoms with Gasteiger partial charge in [0.15, 0.2) is 0 Å². The molecule has 1 aliphatic heterocycles. The summed E-state index contributed by atoms with van der Waals surface area (Å²) in [5.41, 5.74) is 0.994. The van der Waals surface area contributed by atoms with E-state index in [9.17, 15) is 5.11 Å². The average molecular weight is 388 g/mol. The summed E-state index contributed by atoms with van der Waals surface area (Å²) < 4.78 is 0.946. The van der Waals surface area contributed by atoms with Gasteiger partial charge in [-0.1, -0.05) is 46.8 Å². The summed E-state index contributed by atoms with van der Waals surface area (Å²) in [7, 11) is 0. The number of rotatable bonds is 3. The van der Waals surface area contributed by atoms with Crippen LogP contribution in [0.4, 0.5) is 0 Å². The highest BCUT2D eigenvalue weighted by molar-refractivity contribution is 9.10. The molecule has 3 nitrogen and oxygen atoms in total. The molecule has 0 radical (unpaired) electrons. The molecule has 0 aromatic heterocycles. The van der Waals surface area contributed by atoms with Crippen LogP contribution in [-0.2, 0) is 0 Å². The fraction of sp³-hybridized carbons (Fsp3) is 0.647. The molecule has 1 saturated heterocycles. The van der Waals surface area contributed by atoms with Gasteiger partial charge in [0.2, 0.25) is 0 Å². The normalized spacial score (nSPS) is 22.6. The Morgan fingerprint density at radius 3 is 2.55 bits per heavy atom. The third kappa shape index (κ3) is 3.61. The van der Waals surface area contributed by atoms with E-state index in [4.69, 9.17) is 11.6 Å². The summed E-state index contributed by atoms with van der Waals surface area (Å²) >= 11 is 9.77. The third-order valence-electron chi connectivity index (χ3n) is 5.02. The van der Waals surface area contributed by atoms with Crippen LogP contribution in [0.2, 0.25) is 5.02 Å². The second kappa shape index (κ2) is 7.52. The molecular formula is C17H24BrClN2O. The van der Waals surface area contributed by atoms with Gasteiger partial charge in [-0.3, -0.25) is 4.90 Å². The molecule has 1 aliphatic carbocycles. The van der Waals surface area contributed by atoms with Gasteiger partial charge in [-0.2, -0.15) is 0 Å². The zero-order valence-electron chi connectivity index (χ0n) is 12.8. The van der Waals surface area contributed by atoms with Crippen LogP contribution in [0.25, 0.3) is 0 Å². The van der Waals surface area contributed by atoms with E-state index in [0.29, 0.717) is 10.9 Å². The Bertz CT molecular complexity index is 496. The number of nitrogens with one attached hydrogen (secondary N) is 1. The van der Waals surface area contributed by atoms with Crippen molar-refractivity contribution in [3.05, 3.63) is 27.2 Å². The van der Waals surface area contributed by atoms with Gasteiger partial charge in [-0.05, 0) is 30.9 Å². The van der Waals surface area contributed by atoms with Crippen LogP contribution in [0.5, 0.6) is 5.75 Å². The van der Waals surface area contributed by atoms with E-state index < -0.39 is 0 Å². The van der Waals surface area contributed by atoms with Crippen molar-refractivity contribution < 1.29 is 5.11 Å². The number of phenolic OH excluding ortho intramolecular Hbond substituents is 1. The molecule has 3 rings (SSSR count). The van der Waals surface area contributed by atoms with E-state index in [1.54, 1.807) is 6.07 Å². The topological polar surface area (TPSA) is 35.5 Å². The number of hydrogen-bond acceptors (Lipinski definition) is 3. The lowest BCUT2D eigenvalue weighted by Crippen LogP contribution is -2.47. The van der Waals surface area contributed by atoms with Gasteiger partial charge in [0.05, 0.1) is 5.02 Å². The van der Waals surface area contributed by atoms with Crippen molar-refractivity contribution in [2.75, 3.05) is 26.2 Å². The molecule has 0 spiro atoms. The summed E-state index contributed by atoms with van der Waals surface area (Å²) in [6.45, 7) is 4.10. The van der Waals surface area contributed by atoms with Gasteiger partial charge in [-0.15, -0.1) is 0 Å². The van der Waals surface area contributed by atoms with Crippen molar-refractivity contribution >= 4 is 27.5 Å². The lowest BCUT2D eigenvalue weighted by molar-refractivity contribution is 0.101. The Kier molecular flexibility index (Phi) is 5.66. The minimum absolute atomic E-state index is 0.263. The fourth-order valence-electron chi connectivity index (χ4n) is 3.97. The van der Waals surface area contributed by atoms with Gasteiger partial charge in [-0.25, -0.2) is 0 Å². The second-order valence-corrected chi connectivity index (χ2v) is 7.78. The van der Waals surface area contributed by atoms with Gasteiger partial charge < -0.3 is 10.4 Å². The molecule has 0 unspecified atom stereocenters. The average Bonchev–Trinajstić information content (AvgIpc) is 2.54. The molecule has 1 aromatic carbocycles. The molecular weight excluding hydrogens is 364 g/mol. The van der Waals surface area contributed by atoms with Crippen molar-refractivity contribution in [3.63, 3.8) is 0 Å². The Hall–Kier alpha value is -0.290. The maximum atomic E-state index is 10.6. The van der Waals surface area contributed by atoms with Crippen LogP contribution < -0.4 is 5.32 Å². The number of hydrogen-bond donors (Lipinski definition) is 2. The molecule has 0 amide bonds. The molecule has 1 aromatic rings. The minimum Gasteiger partial charge on any atom is -0.506 e. The molecule has 2 N–H and O–H groups in total. The predicted molar refractivity (Wildman–Crippen MR) is 94.6 cm³/mol. The number of aromatic hydroxyl groups is 1. The number of benzene rings is 1. The standard InChI is InChI=1S/C17H24BrClN2O/c18-13-10-14(17(22)15(19)11-13)16(12-4-2-1-3-5-12)21-8-6-20-7-9-21/h10-12,16,20,22H,1-9H2/t16-/m0/s1. The summed E-state index contributed by atoms with van der Waals surface area (Å²) in [6, 6.07) is 4.11. The second-order valence-electron chi connectivity index (χ2n) is 6.45. The van der Waals surface area contributed by atoms with Crippen molar-refractivity contribution in [2.24, 2.45) is 5.92 Å². The van der Waals surface area contributed by atoms with Gasteiger partial charge >= 0.3 is 0 Å². The molecule has 5 heteroatoms. The molecule has 122 valence electrons. The largest absolute Gasteiger partial charge is 0.506 e. The Labute approximate surface area is 146 Å². The van der Waals surface area contributed by atoms with Crippen LogP contribution in [-0.4, -0.2) is 36.2 Å². The van der Waals surface area contributed by atoms with Crippen LogP contribution in [0.1, 0.15) is 43.7 Å². The molecule has 1 atom stereocenters. The van der Waals surface area contributed by atoms with Crippen molar-refractivity contribution in [2.45, 2.75) is 38.1 Å². The highest BCUT2D eigenvalue weighted by atomic mass is 79.9. The maximum Gasteiger partial charge on any atom is 0.139 e. The molecule has 1 saturated carbocycles. The highest BCUT2D eigenvalue weighted by Crippen LogP contribution is 2.44. The number of phenols is 1. The van der Waals surface area contributed by atoms with E-state index in [1.165, 1.54) is 32.1 Å².